The molecule has 2 aromatic heterocycles. The maximum Gasteiger partial charge on any atom is 0.135 e. The molecular weight excluding hydrogens is 727 g/mol. The topological polar surface area (TPSA) is 44.2 Å². The van der Waals surface area contributed by atoms with E-state index in [0.29, 0.717) is 58.5 Å². The van der Waals surface area contributed by atoms with Crippen LogP contribution in [-0.2, 0) is 0 Å². The van der Waals surface area contributed by atoms with E-state index < -0.39 is 0 Å². The summed E-state index contributed by atoms with van der Waals surface area (Å²) in [4.78, 5) is 1.76. The largest absolute Gasteiger partial charge is 0.493 e. The molecule has 0 N–H and O–H groups in total. The van der Waals surface area contributed by atoms with E-state index in [-0.39, 0.29) is 11.6 Å². The lowest BCUT2D eigenvalue weighted by Gasteiger charge is -2.16. The highest BCUT2D eigenvalue weighted by molar-refractivity contribution is 7.19. The fourth-order valence-corrected chi connectivity index (χ4v) is 8.69. The van der Waals surface area contributed by atoms with Crippen LogP contribution < -0.4 is 9.47 Å². The number of benzene rings is 4. The molecule has 2 unspecified atom stereocenters. The Hall–Kier alpha value is -4.14. The molecule has 0 aliphatic carbocycles. The molecule has 290 valence electrons. The number of hydrogen-bond donors (Lipinski definition) is 0. The van der Waals surface area contributed by atoms with Crippen molar-refractivity contribution in [3.05, 3.63) is 96.6 Å². The van der Waals surface area contributed by atoms with Crippen LogP contribution in [-0.4, -0.2) is 22.0 Å². The van der Waals surface area contributed by atoms with Crippen molar-refractivity contribution >= 4 is 34.1 Å². The Balaban J connectivity index is 1.11. The molecule has 2 heterocycles. The second-order valence-corrected chi connectivity index (χ2v) is 16.5. The summed E-state index contributed by atoms with van der Waals surface area (Å²) in [7, 11) is 0. The van der Waals surface area contributed by atoms with Crippen molar-refractivity contribution in [3.8, 4) is 54.6 Å². The molecule has 6 aromatic rings. The van der Waals surface area contributed by atoms with Gasteiger partial charge in [0, 0.05) is 38.1 Å². The minimum Gasteiger partial charge on any atom is -0.493 e. The van der Waals surface area contributed by atoms with Crippen LogP contribution in [0.2, 0.25) is 0 Å². The smallest absolute Gasteiger partial charge is 0.135 e. The van der Waals surface area contributed by atoms with Gasteiger partial charge in [-0.3, -0.25) is 0 Å². The van der Waals surface area contributed by atoms with Crippen molar-refractivity contribution in [2.75, 3.05) is 13.2 Å². The third kappa shape index (κ3) is 10.6. The number of rotatable bonds is 21. The molecule has 0 fully saturated rings. The number of nitrogens with zero attached hydrogens (tertiary/aromatic N) is 2. The zero-order valence-electron chi connectivity index (χ0n) is 32.7. The maximum absolute atomic E-state index is 15.8. The standard InChI is InChI=1S/C47H54F2N2O2S2/c1-5-8-10-11-12-13-14-32(4)30-52-37-21-23-40(43(49)29-37)44-26-27-45(54-44)41-25-24-39(46-47(41)51-55-50-46)38-22-18-35(28-42(38)48)34-16-19-36(20-17-34)53-31-33(7-3)15-9-6-2/h16-29,32-33H,5-15,30-31H2,1-4H3. The van der Waals surface area contributed by atoms with Gasteiger partial charge in [-0.25, -0.2) is 8.78 Å². The molecule has 0 spiro atoms. The van der Waals surface area contributed by atoms with E-state index in [2.05, 4.69) is 36.4 Å². The number of ether oxygens (including phenoxy) is 2. The first kappa shape index (κ1) is 40.5. The van der Waals surface area contributed by atoms with Crippen molar-refractivity contribution in [2.45, 2.75) is 98.3 Å². The summed E-state index contributed by atoms with van der Waals surface area (Å²) in [6.45, 7) is 10.2. The van der Waals surface area contributed by atoms with E-state index in [1.54, 1.807) is 12.1 Å². The molecule has 2 atom stereocenters. The SMILES string of the molecule is CCCCCCCCC(C)COc1ccc(-c2ccc(-c3ccc(-c4ccc(-c5ccc(OCC(CC)CCCC)cc5)cc4F)c4nsnc34)s2)c(F)c1. The predicted octanol–water partition coefficient (Wildman–Crippen LogP) is 15.1. The Labute approximate surface area is 334 Å². The maximum atomic E-state index is 15.8. The Bertz CT molecular complexity index is 2110. The Morgan fingerprint density at radius 2 is 1.16 bits per heavy atom. The molecule has 4 nitrogen and oxygen atoms in total. The monoisotopic (exact) mass is 780 g/mol. The van der Waals surface area contributed by atoms with Crippen molar-refractivity contribution in [3.63, 3.8) is 0 Å². The van der Waals surface area contributed by atoms with Gasteiger partial charge in [-0.1, -0.05) is 122 Å². The fraction of sp³-hybridized carbons (Fsp3) is 0.404. The zero-order chi connectivity index (χ0) is 38.6. The van der Waals surface area contributed by atoms with Gasteiger partial charge in [0.1, 0.15) is 34.2 Å². The Kier molecular flexibility index (Phi) is 14.8. The summed E-state index contributed by atoms with van der Waals surface area (Å²) in [5.74, 6) is 1.74. The average molecular weight is 781 g/mol. The number of fused-ring (bicyclic) bond motifs is 1. The number of thiophene rings is 1. The highest BCUT2D eigenvalue weighted by atomic mass is 32.1. The normalized spacial score (nSPS) is 12.6. The lowest BCUT2D eigenvalue weighted by molar-refractivity contribution is 0.233. The molecule has 55 heavy (non-hydrogen) atoms. The van der Waals surface area contributed by atoms with Crippen LogP contribution in [0.1, 0.15) is 98.3 Å². The van der Waals surface area contributed by atoms with Gasteiger partial charge in [-0.05, 0) is 78.3 Å². The Morgan fingerprint density at radius 1 is 0.564 bits per heavy atom. The molecule has 6 rings (SSSR count). The highest BCUT2D eigenvalue weighted by Crippen LogP contribution is 2.41. The molecule has 0 saturated heterocycles. The number of hydrogen-bond acceptors (Lipinski definition) is 6. The van der Waals surface area contributed by atoms with Crippen LogP contribution in [0.3, 0.4) is 0 Å². The second kappa shape index (κ2) is 20.1. The molecule has 0 aliphatic heterocycles. The second-order valence-electron chi connectivity index (χ2n) is 14.8. The molecule has 0 aliphatic rings. The van der Waals surface area contributed by atoms with E-state index in [4.69, 9.17) is 9.47 Å². The van der Waals surface area contributed by atoms with Crippen LogP contribution in [0.25, 0.3) is 54.2 Å². The molecule has 0 amide bonds. The van der Waals surface area contributed by atoms with Crippen LogP contribution in [0.15, 0.2) is 84.9 Å². The summed E-state index contributed by atoms with van der Waals surface area (Å²) >= 11 is 2.60. The third-order valence-corrected chi connectivity index (χ3v) is 12.2. The zero-order valence-corrected chi connectivity index (χ0v) is 34.3. The van der Waals surface area contributed by atoms with Crippen LogP contribution in [0.5, 0.6) is 11.5 Å². The first-order valence-corrected chi connectivity index (χ1v) is 21.7. The lowest BCUT2D eigenvalue weighted by atomic mass is 9.97. The quantitative estimate of drug-likeness (QED) is 0.0682. The van der Waals surface area contributed by atoms with Gasteiger partial charge in [-0.2, -0.15) is 8.75 Å². The molecule has 8 heteroatoms. The van der Waals surface area contributed by atoms with Gasteiger partial charge >= 0.3 is 0 Å². The molecule has 0 bridgehead atoms. The molecule has 4 aromatic carbocycles. The van der Waals surface area contributed by atoms with Gasteiger partial charge in [0.25, 0.3) is 0 Å². The van der Waals surface area contributed by atoms with E-state index >= 15 is 8.78 Å². The number of halogens is 2. The predicted molar refractivity (Wildman–Crippen MR) is 228 cm³/mol. The van der Waals surface area contributed by atoms with Crippen LogP contribution in [0, 0.1) is 23.5 Å². The summed E-state index contributed by atoms with van der Waals surface area (Å²) in [6.07, 6.45) is 13.5. The fourth-order valence-electron chi connectivity index (χ4n) is 7.06. The van der Waals surface area contributed by atoms with Gasteiger partial charge in [0.05, 0.1) is 24.9 Å². The van der Waals surface area contributed by atoms with Crippen molar-refractivity contribution < 1.29 is 18.3 Å². The van der Waals surface area contributed by atoms with Crippen molar-refractivity contribution in [1.29, 1.82) is 0 Å². The Morgan fingerprint density at radius 3 is 1.89 bits per heavy atom. The molecule has 0 radical (unpaired) electrons. The number of unbranched alkanes of at least 4 members (excludes halogenated alkanes) is 6. The lowest BCUT2D eigenvalue weighted by Crippen LogP contribution is -2.11. The minimum atomic E-state index is -0.324. The first-order valence-electron chi connectivity index (χ1n) is 20.2. The minimum absolute atomic E-state index is 0.309. The summed E-state index contributed by atoms with van der Waals surface area (Å²) in [6, 6.07) is 26.2. The average Bonchev–Trinajstić information content (AvgIpc) is 3.90. The number of aromatic nitrogens is 2. The van der Waals surface area contributed by atoms with Gasteiger partial charge < -0.3 is 9.47 Å². The van der Waals surface area contributed by atoms with Crippen molar-refractivity contribution in [2.24, 2.45) is 11.8 Å². The van der Waals surface area contributed by atoms with E-state index in [1.165, 1.54) is 75.2 Å². The van der Waals surface area contributed by atoms with Crippen molar-refractivity contribution in [1.82, 2.24) is 8.75 Å². The highest BCUT2D eigenvalue weighted by Gasteiger charge is 2.19. The van der Waals surface area contributed by atoms with E-state index in [0.717, 1.165) is 56.8 Å². The van der Waals surface area contributed by atoms with E-state index in [1.807, 2.05) is 66.7 Å². The van der Waals surface area contributed by atoms with Gasteiger partial charge in [0.15, 0.2) is 0 Å². The van der Waals surface area contributed by atoms with Gasteiger partial charge in [0.2, 0.25) is 0 Å². The summed E-state index contributed by atoms with van der Waals surface area (Å²) in [5, 5.41) is 0. The summed E-state index contributed by atoms with van der Waals surface area (Å²) in [5.41, 5.74) is 5.65. The summed E-state index contributed by atoms with van der Waals surface area (Å²) < 4.78 is 52.6. The first-order chi connectivity index (χ1) is 26.9. The molecule has 0 saturated carbocycles. The third-order valence-electron chi connectivity index (χ3n) is 10.6. The van der Waals surface area contributed by atoms with Crippen LogP contribution in [0.4, 0.5) is 8.78 Å². The van der Waals surface area contributed by atoms with Gasteiger partial charge in [-0.15, -0.1) is 11.3 Å². The molecular formula is C47H54F2N2O2S2. The van der Waals surface area contributed by atoms with E-state index in [9.17, 15) is 0 Å². The van der Waals surface area contributed by atoms with Crippen LogP contribution >= 0.6 is 23.1 Å².